The minimum atomic E-state index is -0.0318. The number of fused-ring (bicyclic) bond motifs is 1. The van der Waals surface area contributed by atoms with Gasteiger partial charge in [0.2, 0.25) is 5.95 Å². The number of imidazole rings is 1. The average molecular weight is 368 g/mol. The van der Waals surface area contributed by atoms with Gasteiger partial charge in [-0.05, 0) is 31.0 Å². The van der Waals surface area contributed by atoms with E-state index in [2.05, 4.69) is 9.88 Å². The number of anilines is 1. The fourth-order valence-electron chi connectivity index (χ4n) is 3.48. The molecule has 1 aromatic carbocycles. The number of hydrogen-bond acceptors (Lipinski definition) is 5. The summed E-state index contributed by atoms with van der Waals surface area (Å²) >= 11 is 0. The first kappa shape index (κ1) is 17.6. The lowest BCUT2D eigenvalue weighted by Crippen LogP contribution is -2.29. The number of aromatic nitrogens is 3. The van der Waals surface area contributed by atoms with Crippen LogP contribution in [0.2, 0.25) is 0 Å². The summed E-state index contributed by atoms with van der Waals surface area (Å²) in [6.45, 7) is 5.60. The number of hydrogen-bond donors (Lipinski definition) is 0. The van der Waals surface area contributed by atoms with Crippen LogP contribution in [0.3, 0.4) is 0 Å². The normalized spacial score (nSPS) is 15.1. The molecule has 0 radical (unpaired) electrons. The SMILES string of the molecule is COc1ccc(Cn2c(C)cn3c(N4CCCOCC4)ncc3c2=O)cc1. The molecule has 7 nitrogen and oxygen atoms in total. The Kier molecular flexibility index (Phi) is 4.85. The third-order valence-electron chi connectivity index (χ3n) is 4.99. The van der Waals surface area contributed by atoms with E-state index in [0.717, 1.165) is 49.1 Å². The highest BCUT2D eigenvalue weighted by Crippen LogP contribution is 2.17. The van der Waals surface area contributed by atoms with Gasteiger partial charge in [0, 0.05) is 31.6 Å². The number of ether oxygens (including phenoxy) is 2. The van der Waals surface area contributed by atoms with E-state index < -0.39 is 0 Å². The van der Waals surface area contributed by atoms with Crippen LogP contribution in [0, 0.1) is 6.92 Å². The van der Waals surface area contributed by atoms with Crippen molar-refractivity contribution in [1.82, 2.24) is 14.0 Å². The Morgan fingerprint density at radius 3 is 2.78 bits per heavy atom. The molecular weight excluding hydrogens is 344 g/mol. The molecule has 0 spiro atoms. The van der Waals surface area contributed by atoms with Crippen LogP contribution in [0.25, 0.3) is 5.52 Å². The highest BCUT2D eigenvalue weighted by molar-refractivity contribution is 5.52. The summed E-state index contributed by atoms with van der Waals surface area (Å²) in [4.78, 5) is 19.8. The second-order valence-corrected chi connectivity index (χ2v) is 6.78. The van der Waals surface area contributed by atoms with E-state index in [9.17, 15) is 4.79 Å². The maximum absolute atomic E-state index is 13.1. The fourth-order valence-corrected chi connectivity index (χ4v) is 3.48. The summed E-state index contributed by atoms with van der Waals surface area (Å²) in [6, 6.07) is 7.78. The van der Waals surface area contributed by atoms with Crippen LogP contribution in [0.1, 0.15) is 17.7 Å². The van der Waals surface area contributed by atoms with Crippen LogP contribution in [0.5, 0.6) is 5.75 Å². The van der Waals surface area contributed by atoms with E-state index in [-0.39, 0.29) is 5.56 Å². The highest BCUT2D eigenvalue weighted by Gasteiger charge is 2.18. The molecule has 7 heteroatoms. The summed E-state index contributed by atoms with van der Waals surface area (Å²) < 4.78 is 14.4. The number of rotatable bonds is 4. The van der Waals surface area contributed by atoms with Crippen molar-refractivity contribution in [3.8, 4) is 5.75 Å². The van der Waals surface area contributed by atoms with Gasteiger partial charge in [-0.15, -0.1) is 0 Å². The number of benzene rings is 1. The van der Waals surface area contributed by atoms with E-state index in [1.807, 2.05) is 41.8 Å². The Morgan fingerprint density at radius 2 is 2.00 bits per heavy atom. The maximum atomic E-state index is 13.1. The van der Waals surface area contributed by atoms with E-state index in [0.29, 0.717) is 18.7 Å². The van der Waals surface area contributed by atoms with Gasteiger partial charge in [-0.1, -0.05) is 12.1 Å². The van der Waals surface area contributed by atoms with Crippen molar-refractivity contribution < 1.29 is 9.47 Å². The zero-order valence-corrected chi connectivity index (χ0v) is 15.7. The molecule has 0 aliphatic carbocycles. The van der Waals surface area contributed by atoms with Crippen LogP contribution >= 0.6 is 0 Å². The molecule has 0 amide bonds. The second kappa shape index (κ2) is 7.44. The molecule has 0 bridgehead atoms. The maximum Gasteiger partial charge on any atom is 0.277 e. The summed E-state index contributed by atoms with van der Waals surface area (Å²) in [5, 5.41) is 0. The van der Waals surface area contributed by atoms with Crippen molar-refractivity contribution in [2.45, 2.75) is 19.9 Å². The first-order valence-corrected chi connectivity index (χ1v) is 9.20. The molecule has 4 rings (SSSR count). The van der Waals surface area contributed by atoms with Crippen molar-refractivity contribution in [2.24, 2.45) is 0 Å². The first-order chi connectivity index (χ1) is 13.2. The first-order valence-electron chi connectivity index (χ1n) is 9.20. The standard InChI is InChI=1S/C20H24N4O3/c1-15-13-24-18(12-21-20(24)22-8-3-10-27-11-9-22)19(25)23(15)14-16-4-6-17(26-2)7-5-16/h4-7,12-13H,3,8-11,14H2,1-2H3. The van der Waals surface area contributed by atoms with E-state index >= 15 is 0 Å². The Hall–Kier alpha value is -2.80. The largest absolute Gasteiger partial charge is 0.497 e. The van der Waals surface area contributed by atoms with E-state index in [1.54, 1.807) is 17.9 Å². The average Bonchev–Trinajstić information content (AvgIpc) is 2.92. The third kappa shape index (κ3) is 3.42. The van der Waals surface area contributed by atoms with Crippen LogP contribution in [-0.4, -0.2) is 47.4 Å². The molecule has 1 fully saturated rings. The Balaban J connectivity index is 1.70. The third-order valence-corrected chi connectivity index (χ3v) is 4.99. The highest BCUT2D eigenvalue weighted by atomic mass is 16.5. The molecule has 1 saturated heterocycles. The molecule has 2 aromatic heterocycles. The number of nitrogens with zero attached hydrogens (tertiary/aromatic N) is 4. The molecule has 3 heterocycles. The van der Waals surface area contributed by atoms with Gasteiger partial charge >= 0.3 is 0 Å². The Bertz CT molecular complexity index is 983. The van der Waals surface area contributed by atoms with Gasteiger partial charge in [-0.2, -0.15) is 0 Å². The Labute approximate surface area is 157 Å². The second-order valence-electron chi connectivity index (χ2n) is 6.78. The molecule has 3 aromatic rings. The molecule has 0 unspecified atom stereocenters. The van der Waals surface area contributed by atoms with Crippen molar-refractivity contribution in [3.63, 3.8) is 0 Å². The zero-order valence-electron chi connectivity index (χ0n) is 15.7. The van der Waals surface area contributed by atoms with Crippen LogP contribution in [0.4, 0.5) is 5.95 Å². The lowest BCUT2D eigenvalue weighted by atomic mass is 10.2. The van der Waals surface area contributed by atoms with E-state index in [4.69, 9.17) is 9.47 Å². The van der Waals surface area contributed by atoms with Crippen molar-refractivity contribution in [3.05, 3.63) is 58.3 Å². The zero-order chi connectivity index (χ0) is 18.8. The molecule has 0 N–H and O–H groups in total. The van der Waals surface area contributed by atoms with Gasteiger partial charge in [0.25, 0.3) is 5.56 Å². The fraction of sp³-hybridized carbons (Fsp3) is 0.400. The topological polar surface area (TPSA) is 61.0 Å². The predicted molar refractivity (Wildman–Crippen MR) is 104 cm³/mol. The predicted octanol–water partition coefficient (Wildman–Crippen LogP) is 2.09. The van der Waals surface area contributed by atoms with Gasteiger partial charge in [-0.3, -0.25) is 9.20 Å². The van der Waals surface area contributed by atoms with Crippen LogP contribution in [0.15, 0.2) is 41.5 Å². The lowest BCUT2D eigenvalue weighted by molar-refractivity contribution is 0.152. The van der Waals surface area contributed by atoms with Gasteiger partial charge in [0.1, 0.15) is 11.3 Å². The quantitative estimate of drug-likeness (QED) is 0.706. The summed E-state index contributed by atoms with van der Waals surface area (Å²) in [5.74, 6) is 1.62. The molecule has 1 aliphatic heterocycles. The number of aryl methyl sites for hydroxylation is 1. The van der Waals surface area contributed by atoms with Crippen molar-refractivity contribution in [1.29, 1.82) is 0 Å². The molecule has 0 saturated carbocycles. The molecule has 142 valence electrons. The van der Waals surface area contributed by atoms with Crippen molar-refractivity contribution in [2.75, 3.05) is 38.3 Å². The van der Waals surface area contributed by atoms with Crippen molar-refractivity contribution >= 4 is 11.5 Å². The number of methoxy groups -OCH3 is 1. The van der Waals surface area contributed by atoms with Crippen LogP contribution < -0.4 is 15.2 Å². The molecule has 0 atom stereocenters. The van der Waals surface area contributed by atoms with Crippen LogP contribution in [-0.2, 0) is 11.3 Å². The Morgan fingerprint density at radius 1 is 1.19 bits per heavy atom. The monoisotopic (exact) mass is 368 g/mol. The summed E-state index contributed by atoms with van der Waals surface area (Å²) in [6.07, 6.45) is 4.63. The minimum absolute atomic E-state index is 0.0318. The smallest absolute Gasteiger partial charge is 0.277 e. The van der Waals surface area contributed by atoms with Gasteiger partial charge in [-0.25, -0.2) is 4.98 Å². The molecule has 27 heavy (non-hydrogen) atoms. The summed E-state index contributed by atoms with van der Waals surface area (Å²) in [5.41, 5.74) is 2.51. The lowest BCUT2D eigenvalue weighted by Gasteiger charge is -2.20. The van der Waals surface area contributed by atoms with E-state index in [1.165, 1.54) is 0 Å². The van der Waals surface area contributed by atoms with Gasteiger partial charge in [0.15, 0.2) is 0 Å². The van der Waals surface area contributed by atoms with Gasteiger partial charge in [0.05, 0.1) is 26.5 Å². The molecular formula is C20H24N4O3. The van der Waals surface area contributed by atoms with Gasteiger partial charge < -0.3 is 18.9 Å². The summed E-state index contributed by atoms with van der Waals surface area (Å²) in [7, 11) is 1.64. The minimum Gasteiger partial charge on any atom is -0.497 e. The molecule has 1 aliphatic rings.